The summed E-state index contributed by atoms with van der Waals surface area (Å²) >= 11 is 1.49. The number of sulfonamides is 1. The smallest absolute Gasteiger partial charge is 0.244 e. The van der Waals surface area contributed by atoms with Gasteiger partial charge < -0.3 is 4.90 Å². The van der Waals surface area contributed by atoms with E-state index < -0.39 is 10.0 Å². The predicted molar refractivity (Wildman–Crippen MR) is 129 cm³/mol. The van der Waals surface area contributed by atoms with E-state index in [1.54, 1.807) is 17.0 Å². The molecule has 172 valence electrons. The minimum Gasteiger partial charge on any atom is -0.340 e. The van der Waals surface area contributed by atoms with Gasteiger partial charge in [0.15, 0.2) is 4.96 Å². The molecule has 34 heavy (non-hydrogen) atoms. The fraction of sp³-hybridized carbons (Fsp3) is 0.208. The summed E-state index contributed by atoms with van der Waals surface area (Å²) in [5.74, 6) is -0.0517. The molecule has 0 spiro atoms. The van der Waals surface area contributed by atoms with Crippen LogP contribution in [0.3, 0.4) is 0 Å². The van der Waals surface area contributed by atoms with E-state index in [0.29, 0.717) is 13.1 Å². The van der Waals surface area contributed by atoms with Gasteiger partial charge in [-0.3, -0.25) is 9.20 Å². The lowest BCUT2D eigenvalue weighted by molar-refractivity contribution is -0.131. The van der Waals surface area contributed by atoms with E-state index in [2.05, 4.69) is 4.98 Å². The molecule has 0 aliphatic carbocycles. The molecule has 4 aromatic rings. The van der Waals surface area contributed by atoms with Crippen LogP contribution in [-0.4, -0.2) is 59.1 Å². The van der Waals surface area contributed by atoms with Crippen molar-refractivity contribution in [1.82, 2.24) is 18.6 Å². The molecule has 8 nitrogen and oxygen atoms in total. The number of hydrogen-bond donors (Lipinski definition) is 0. The molecule has 1 aliphatic rings. The molecule has 2 aromatic heterocycles. The Kier molecular flexibility index (Phi) is 5.91. The molecule has 0 atom stereocenters. The summed E-state index contributed by atoms with van der Waals surface area (Å²) in [6.45, 7) is 0.991. The minimum absolute atomic E-state index is 0.00673. The van der Waals surface area contributed by atoms with Crippen LogP contribution in [0.15, 0.2) is 71.1 Å². The number of hydrogen-bond acceptors (Lipinski definition) is 6. The number of nitriles is 1. The molecule has 0 bridgehead atoms. The normalized spacial score (nSPS) is 14.9. The number of carbonyl (C=O) groups is 1. The Balaban J connectivity index is 1.27. The van der Waals surface area contributed by atoms with Gasteiger partial charge in [-0.15, -0.1) is 11.3 Å². The van der Waals surface area contributed by atoms with Crippen molar-refractivity contribution in [3.05, 3.63) is 77.4 Å². The van der Waals surface area contributed by atoms with E-state index in [0.717, 1.165) is 21.9 Å². The summed E-state index contributed by atoms with van der Waals surface area (Å²) in [4.78, 5) is 20.2. The van der Waals surface area contributed by atoms with Crippen molar-refractivity contribution in [2.24, 2.45) is 0 Å². The molecule has 0 N–H and O–H groups in total. The monoisotopic (exact) mass is 491 g/mol. The van der Waals surface area contributed by atoms with Gasteiger partial charge in [0.05, 0.1) is 22.6 Å². The van der Waals surface area contributed by atoms with Gasteiger partial charge in [-0.25, -0.2) is 13.4 Å². The van der Waals surface area contributed by atoms with Gasteiger partial charge in [0.1, 0.15) is 6.07 Å². The average molecular weight is 492 g/mol. The zero-order chi connectivity index (χ0) is 23.7. The summed E-state index contributed by atoms with van der Waals surface area (Å²) in [5, 5.41) is 11.2. The van der Waals surface area contributed by atoms with Gasteiger partial charge >= 0.3 is 0 Å². The van der Waals surface area contributed by atoms with Crippen molar-refractivity contribution in [2.45, 2.75) is 11.3 Å². The molecule has 1 aliphatic heterocycles. The van der Waals surface area contributed by atoms with Crippen LogP contribution in [0.2, 0.25) is 0 Å². The second kappa shape index (κ2) is 9.02. The summed E-state index contributed by atoms with van der Waals surface area (Å²) in [6, 6.07) is 18.0. The lowest BCUT2D eigenvalue weighted by Gasteiger charge is -2.34. The molecule has 3 heterocycles. The highest BCUT2D eigenvalue weighted by Gasteiger charge is 2.31. The highest BCUT2D eigenvalue weighted by atomic mass is 32.2. The van der Waals surface area contributed by atoms with Gasteiger partial charge in [0, 0.05) is 49.0 Å². The van der Waals surface area contributed by atoms with Crippen LogP contribution in [0.5, 0.6) is 0 Å². The molecule has 1 saturated heterocycles. The number of amides is 1. The van der Waals surface area contributed by atoms with Crippen molar-refractivity contribution in [1.29, 1.82) is 5.26 Å². The van der Waals surface area contributed by atoms with Crippen LogP contribution >= 0.6 is 11.3 Å². The Hall–Kier alpha value is -3.52. The fourth-order valence-electron chi connectivity index (χ4n) is 4.07. The summed E-state index contributed by atoms with van der Waals surface area (Å²) in [7, 11) is -3.79. The van der Waals surface area contributed by atoms with E-state index >= 15 is 0 Å². The second-order valence-corrected chi connectivity index (χ2v) is 10.7. The Morgan fingerprint density at radius 2 is 1.74 bits per heavy atom. The molecule has 0 saturated carbocycles. The van der Waals surface area contributed by atoms with Crippen LogP contribution in [0.25, 0.3) is 16.2 Å². The molecule has 0 unspecified atom stereocenters. The molecule has 2 aromatic carbocycles. The quantitative estimate of drug-likeness (QED) is 0.427. The van der Waals surface area contributed by atoms with Crippen molar-refractivity contribution >= 4 is 32.2 Å². The topological polar surface area (TPSA) is 98.8 Å². The van der Waals surface area contributed by atoms with Crippen LogP contribution < -0.4 is 0 Å². The third-order valence-electron chi connectivity index (χ3n) is 5.90. The summed E-state index contributed by atoms with van der Waals surface area (Å²) in [5.41, 5.74) is 2.86. The largest absolute Gasteiger partial charge is 0.340 e. The number of thiazole rings is 1. The van der Waals surface area contributed by atoms with Crippen molar-refractivity contribution in [2.75, 3.05) is 26.2 Å². The average Bonchev–Trinajstić information content (AvgIpc) is 3.46. The Morgan fingerprint density at radius 1 is 1.03 bits per heavy atom. The second-order valence-electron chi connectivity index (χ2n) is 7.94. The fourth-order valence-corrected chi connectivity index (χ4v) is 6.51. The van der Waals surface area contributed by atoms with Gasteiger partial charge in [-0.05, 0) is 12.1 Å². The van der Waals surface area contributed by atoms with Crippen LogP contribution in [0, 0.1) is 11.3 Å². The third kappa shape index (κ3) is 4.09. The van der Waals surface area contributed by atoms with Crippen molar-refractivity contribution in [3.63, 3.8) is 0 Å². The Labute approximate surface area is 201 Å². The molecular weight excluding hydrogens is 470 g/mol. The predicted octanol–water partition coefficient (Wildman–Crippen LogP) is 3.01. The molecule has 5 rings (SSSR count). The maximum Gasteiger partial charge on any atom is 0.244 e. The number of carbonyl (C=O) groups excluding carboxylic acids is 1. The van der Waals surface area contributed by atoms with Crippen molar-refractivity contribution in [3.8, 4) is 17.3 Å². The number of fused-ring (bicyclic) bond motifs is 1. The van der Waals surface area contributed by atoms with Crippen molar-refractivity contribution < 1.29 is 13.2 Å². The van der Waals surface area contributed by atoms with Gasteiger partial charge in [0.25, 0.3) is 0 Å². The van der Waals surface area contributed by atoms with Crippen LogP contribution in [0.4, 0.5) is 0 Å². The van der Waals surface area contributed by atoms with Gasteiger partial charge in [0.2, 0.25) is 15.9 Å². The lowest BCUT2D eigenvalue weighted by Crippen LogP contribution is -2.51. The van der Waals surface area contributed by atoms with Gasteiger partial charge in [-0.2, -0.15) is 9.57 Å². The Bertz CT molecular complexity index is 1490. The van der Waals surface area contributed by atoms with Crippen LogP contribution in [-0.2, 0) is 21.2 Å². The first-order chi connectivity index (χ1) is 16.5. The standard InChI is InChI=1S/C24H21N5O3S2/c25-15-19-8-4-5-9-22(19)34(31,32)28-12-10-27(11-13-28)23(30)14-20-17-33-24-26-21(16-29(20)24)18-6-2-1-3-7-18/h1-9,16-17H,10-14H2. The summed E-state index contributed by atoms with van der Waals surface area (Å²) in [6.07, 6.45) is 2.16. The number of rotatable bonds is 5. The zero-order valence-corrected chi connectivity index (χ0v) is 19.8. The number of aromatic nitrogens is 2. The highest BCUT2D eigenvalue weighted by molar-refractivity contribution is 7.89. The van der Waals surface area contributed by atoms with Gasteiger partial charge in [-0.1, -0.05) is 42.5 Å². The maximum atomic E-state index is 13.0. The van der Waals surface area contributed by atoms with E-state index in [9.17, 15) is 18.5 Å². The van der Waals surface area contributed by atoms with E-state index in [4.69, 9.17) is 0 Å². The third-order valence-corrected chi connectivity index (χ3v) is 8.75. The number of nitrogens with zero attached hydrogens (tertiary/aromatic N) is 5. The first kappa shape index (κ1) is 22.3. The zero-order valence-electron chi connectivity index (χ0n) is 18.2. The molecule has 10 heteroatoms. The molecular formula is C24H21N5O3S2. The number of piperazine rings is 1. The molecule has 1 amide bonds. The summed E-state index contributed by atoms with van der Waals surface area (Å²) < 4.78 is 29.3. The maximum absolute atomic E-state index is 13.0. The van der Waals surface area contributed by atoms with E-state index in [1.807, 2.05) is 52.4 Å². The molecule has 0 radical (unpaired) electrons. The lowest BCUT2D eigenvalue weighted by atomic mass is 10.2. The highest BCUT2D eigenvalue weighted by Crippen LogP contribution is 2.25. The Morgan fingerprint density at radius 3 is 2.47 bits per heavy atom. The minimum atomic E-state index is -3.79. The first-order valence-electron chi connectivity index (χ1n) is 10.8. The number of imidazole rings is 1. The van der Waals surface area contributed by atoms with E-state index in [-0.39, 0.29) is 35.9 Å². The first-order valence-corrected chi connectivity index (χ1v) is 13.1. The SMILES string of the molecule is N#Cc1ccccc1S(=O)(=O)N1CCN(C(=O)Cc2csc3nc(-c4ccccc4)cn23)CC1. The number of benzene rings is 2. The van der Waals surface area contributed by atoms with Crippen LogP contribution in [0.1, 0.15) is 11.3 Å². The molecule has 1 fully saturated rings. The van der Waals surface area contributed by atoms with E-state index in [1.165, 1.54) is 27.8 Å².